The van der Waals surface area contributed by atoms with E-state index in [9.17, 15) is 0 Å². The predicted molar refractivity (Wildman–Crippen MR) is 70.1 cm³/mol. The van der Waals surface area contributed by atoms with Crippen molar-refractivity contribution in [2.75, 3.05) is 0 Å². The van der Waals surface area contributed by atoms with E-state index in [1.54, 1.807) is 6.20 Å². The minimum absolute atomic E-state index is 0.154. The van der Waals surface area contributed by atoms with Gasteiger partial charge < -0.3 is 14.7 Å². The average Bonchev–Trinajstić information content (AvgIpc) is 3.00. The molecule has 2 heterocycles. The van der Waals surface area contributed by atoms with Gasteiger partial charge in [-0.3, -0.25) is 0 Å². The van der Waals surface area contributed by atoms with Crippen molar-refractivity contribution in [2.45, 2.75) is 12.5 Å². The molecule has 0 bridgehead atoms. The number of benzene rings is 1. The van der Waals surface area contributed by atoms with Gasteiger partial charge in [0.05, 0.1) is 12.2 Å². The summed E-state index contributed by atoms with van der Waals surface area (Å²) >= 11 is 0. The largest absolute Gasteiger partial charge is 0.447 e. The second kappa shape index (κ2) is 4.31. The first-order valence-corrected chi connectivity index (χ1v) is 5.92. The topological polar surface area (TPSA) is 57.0 Å². The first-order valence-electron chi connectivity index (χ1n) is 5.92. The normalized spacial score (nSPS) is 13.0. The highest BCUT2D eigenvalue weighted by atomic mass is 16.3. The molecular formula is C14H15N3O. The number of fused-ring (bicyclic) bond motifs is 1. The molecule has 3 aromatic rings. The van der Waals surface area contributed by atoms with Crippen molar-refractivity contribution in [1.29, 1.82) is 0 Å². The molecule has 0 amide bonds. The molecular weight excluding hydrogens is 226 g/mol. The van der Waals surface area contributed by atoms with E-state index in [1.165, 1.54) is 22.9 Å². The van der Waals surface area contributed by atoms with Crippen LogP contribution in [0.25, 0.3) is 10.9 Å². The van der Waals surface area contributed by atoms with E-state index in [4.69, 9.17) is 10.2 Å². The number of hydrogen-bond acceptors (Lipinski definition) is 3. The second-order valence-corrected chi connectivity index (χ2v) is 4.50. The monoisotopic (exact) mass is 241 g/mol. The molecule has 0 aliphatic heterocycles. The standard InChI is InChI=1S/C14H15N3O/c1-17-8-10(11-4-2-3-5-13(11)17)6-12(15)14-7-16-9-18-14/h2-5,7-9,12H,6,15H2,1H3. The van der Waals surface area contributed by atoms with Crippen molar-refractivity contribution in [3.05, 3.63) is 54.4 Å². The number of hydrogen-bond donors (Lipinski definition) is 1. The minimum atomic E-state index is -0.154. The predicted octanol–water partition coefficient (Wildman–Crippen LogP) is 2.41. The number of aromatic nitrogens is 2. The van der Waals surface area contributed by atoms with Crippen molar-refractivity contribution in [2.24, 2.45) is 12.8 Å². The van der Waals surface area contributed by atoms with Crippen LogP contribution in [-0.4, -0.2) is 9.55 Å². The van der Waals surface area contributed by atoms with Gasteiger partial charge in [0.15, 0.2) is 6.39 Å². The second-order valence-electron chi connectivity index (χ2n) is 4.50. The summed E-state index contributed by atoms with van der Waals surface area (Å²) in [4.78, 5) is 3.90. The van der Waals surface area contributed by atoms with Crippen molar-refractivity contribution in [3.63, 3.8) is 0 Å². The summed E-state index contributed by atoms with van der Waals surface area (Å²) in [5.41, 5.74) is 8.58. The maximum absolute atomic E-state index is 6.13. The number of nitrogens with zero attached hydrogens (tertiary/aromatic N) is 2. The molecule has 18 heavy (non-hydrogen) atoms. The van der Waals surface area contributed by atoms with Crippen LogP contribution in [0.15, 0.2) is 47.5 Å². The molecule has 3 rings (SSSR count). The maximum Gasteiger partial charge on any atom is 0.180 e. The molecule has 1 unspecified atom stereocenters. The molecule has 0 aliphatic rings. The molecule has 1 aromatic carbocycles. The van der Waals surface area contributed by atoms with Gasteiger partial charge in [0.1, 0.15) is 5.76 Å². The number of para-hydroxylation sites is 1. The van der Waals surface area contributed by atoms with Crippen molar-refractivity contribution < 1.29 is 4.42 Å². The summed E-state index contributed by atoms with van der Waals surface area (Å²) in [6, 6.07) is 8.17. The van der Waals surface area contributed by atoms with E-state index >= 15 is 0 Å². The Morgan fingerprint density at radius 2 is 2.22 bits per heavy atom. The molecule has 2 N–H and O–H groups in total. The smallest absolute Gasteiger partial charge is 0.180 e. The number of rotatable bonds is 3. The van der Waals surface area contributed by atoms with Crippen LogP contribution in [0.2, 0.25) is 0 Å². The lowest BCUT2D eigenvalue weighted by Gasteiger charge is -2.06. The Bertz CT molecular complexity index is 655. The first-order chi connectivity index (χ1) is 8.75. The summed E-state index contributed by atoms with van der Waals surface area (Å²) < 4.78 is 7.37. The molecule has 0 radical (unpaired) electrons. The van der Waals surface area contributed by atoms with E-state index in [1.807, 2.05) is 19.2 Å². The summed E-state index contributed by atoms with van der Waals surface area (Å²) in [5.74, 6) is 0.725. The van der Waals surface area contributed by atoms with Crippen LogP contribution in [-0.2, 0) is 13.5 Å². The molecule has 0 saturated heterocycles. The summed E-state index contributed by atoms with van der Waals surface area (Å²) in [7, 11) is 2.05. The summed E-state index contributed by atoms with van der Waals surface area (Å²) in [6.45, 7) is 0. The van der Waals surface area contributed by atoms with Gasteiger partial charge in [-0.15, -0.1) is 0 Å². The molecule has 0 aliphatic carbocycles. The van der Waals surface area contributed by atoms with Gasteiger partial charge in [-0.1, -0.05) is 18.2 Å². The zero-order valence-corrected chi connectivity index (χ0v) is 10.2. The summed E-state index contributed by atoms with van der Waals surface area (Å²) in [6.07, 6.45) is 5.96. The van der Waals surface area contributed by atoms with E-state index in [-0.39, 0.29) is 6.04 Å². The lowest BCUT2D eigenvalue weighted by Crippen LogP contribution is -2.12. The van der Waals surface area contributed by atoms with Crippen LogP contribution in [0.5, 0.6) is 0 Å². The Kier molecular flexibility index (Phi) is 2.64. The average molecular weight is 241 g/mol. The fraction of sp³-hybridized carbons (Fsp3) is 0.214. The fourth-order valence-electron chi connectivity index (χ4n) is 2.33. The van der Waals surface area contributed by atoms with Crippen molar-refractivity contribution in [1.82, 2.24) is 9.55 Å². The zero-order valence-electron chi connectivity index (χ0n) is 10.2. The Morgan fingerprint density at radius 1 is 1.39 bits per heavy atom. The third-order valence-electron chi connectivity index (χ3n) is 3.24. The van der Waals surface area contributed by atoms with Crippen LogP contribution in [0.4, 0.5) is 0 Å². The molecule has 0 saturated carbocycles. The van der Waals surface area contributed by atoms with E-state index < -0.39 is 0 Å². The van der Waals surface area contributed by atoms with Gasteiger partial charge in [-0.2, -0.15) is 0 Å². The summed E-state index contributed by atoms with van der Waals surface area (Å²) in [5, 5.41) is 1.25. The number of nitrogens with two attached hydrogens (primary N) is 1. The van der Waals surface area contributed by atoms with Gasteiger partial charge in [0.25, 0.3) is 0 Å². The molecule has 0 fully saturated rings. The molecule has 1 atom stereocenters. The van der Waals surface area contributed by atoms with Crippen LogP contribution in [0.3, 0.4) is 0 Å². The van der Waals surface area contributed by atoms with Gasteiger partial charge >= 0.3 is 0 Å². The van der Waals surface area contributed by atoms with Crippen LogP contribution in [0.1, 0.15) is 17.4 Å². The molecule has 92 valence electrons. The van der Waals surface area contributed by atoms with Gasteiger partial charge in [-0.25, -0.2) is 4.98 Å². The van der Waals surface area contributed by atoms with Gasteiger partial charge in [-0.05, 0) is 18.1 Å². The lowest BCUT2D eigenvalue weighted by atomic mass is 10.0. The zero-order chi connectivity index (χ0) is 12.5. The minimum Gasteiger partial charge on any atom is -0.447 e. The Labute approximate surface area is 105 Å². The third-order valence-corrected chi connectivity index (χ3v) is 3.24. The van der Waals surface area contributed by atoms with Crippen molar-refractivity contribution >= 4 is 10.9 Å². The molecule has 0 spiro atoms. The molecule has 4 heteroatoms. The highest BCUT2D eigenvalue weighted by molar-refractivity contribution is 5.83. The lowest BCUT2D eigenvalue weighted by molar-refractivity contribution is 0.461. The quantitative estimate of drug-likeness (QED) is 0.766. The van der Waals surface area contributed by atoms with E-state index in [0.717, 1.165) is 12.2 Å². The van der Waals surface area contributed by atoms with Gasteiger partial charge in [0, 0.05) is 24.1 Å². The maximum atomic E-state index is 6.13. The van der Waals surface area contributed by atoms with Gasteiger partial charge in [0.2, 0.25) is 0 Å². The number of oxazole rings is 1. The first kappa shape index (κ1) is 11.0. The molecule has 4 nitrogen and oxygen atoms in total. The van der Waals surface area contributed by atoms with Crippen LogP contribution >= 0.6 is 0 Å². The highest BCUT2D eigenvalue weighted by Crippen LogP contribution is 2.24. The Balaban J connectivity index is 1.96. The van der Waals surface area contributed by atoms with Crippen LogP contribution < -0.4 is 5.73 Å². The van der Waals surface area contributed by atoms with Crippen LogP contribution in [0, 0.1) is 0 Å². The molecule has 2 aromatic heterocycles. The van der Waals surface area contributed by atoms with E-state index in [0.29, 0.717) is 0 Å². The fourth-order valence-corrected chi connectivity index (χ4v) is 2.33. The van der Waals surface area contributed by atoms with E-state index in [2.05, 4.69) is 27.9 Å². The number of aryl methyl sites for hydroxylation is 1. The Hall–Kier alpha value is -2.07. The van der Waals surface area contributed by atoms with Crippen molar-refractivity contribution in [3.8, 4) is 0 Å². The third kappa shape index (κ3) is 1.80. The SMILES string of the molecule is Cn1cc(CC(N)c2cnco2)c2ccccc21. The Morgan fingerprint density at radius 3 is 3.00 bits per heavy atom. The highest BCUT2D eigenvalue weighted by Gasteiger charge is 2.14.